The van der Waals surface area contributed by atoms with Crippen LogP contribution in [0.15, 0.2) is 18.2 Å². The fraction of sp³-hybridized carbons (Fsp3) is 0.429. The number of hydrogen-bond donors (Lipinski definition) is 0. The Hall–Kier alpha value is -0.870. The van der Waals surface area contributed by atoms with Crippen molar-refractivity contribution in [3.8, 4) is 0 Å². The number of halogens is 2. The molecule has 1 atom stereocenters. The second kappa shape index (κ2) is 5.63. The maximum absolute atomic E-state index is 12.1. The number of amides is 1. The molecule has 1 unspecified atom stereocenters. The Kier molecular flexibility index (Phi) is 4.31. The van der Waals surface area contributed by atoms with Gasteiger partial charge in [0.25, 0.3) is 11.7 Å². The van der Waals surface area contributed by atoms with Crippen LogP contribution in [-0.4, -0.2) is 23.6 Å². The molecule has 0 bridgehead atoms. The maximum Gasteiger partial charge on any atom is 0.299 e. The van der Waals surface area contributed by atoms with E-state index < -0.39 is 11.7 Å². The zero-order chi connectivity index (χ0) is 14.2. The van der Waals surface area contributed by atoms with E-state index in [9.17, 15) is 9.59 Å². The number of hydrogen-bond acceptors (Lipinski definition) is 2. The fourth-order valence-electron chi connectivity index (χ4n) is 2.15. The van der Waals surface area contributed by atoms with E-state index in [-0.39, 0.29) is 0 Å². The minimum atomic E-state index is -0.502. The third kappa shape index (κ3) is 2.56. The van der Waals surface area contributed by atoms with E-state index in [2.05, 4.69) is 29.8 Å². The largest absolute Gasteiger partial charge is 0.304 e. The SMILES string of the molecule is CC(C)C(CBr)CN1C(=O)C(=O)c2c(Cl)cccc21. The summed E-state index contributed by atoms with van der Waals surface area (Å²) in [4.78, 5) is 25.6. The Morgan fingerprint density at radius 3 is 2.58 bits per heavy atom. The quantitative estimate of drug-likeness (QED) is 0.619. The Bertz CT molecular complexity index is 530. The van der Waals surface area contributed by atoms with Gasteiger partial charge in [0, 0.05) is 11.9 Å². The minimum absolute atomic E-state index is 0.293. The van der Waals surface area contributed by atoms with Gasteiger partial charge in [-0.3, -0.25) is 9.59 Å². The van der Waals surface area contributed by atoms with Crippen LogP contribution in [0.1, 0.15) is 24.2 Å². The van der Waals surface area contributed by atoms with Gasteiger partial charge in [-0.05, 0) is 24.0 Å². The van der Waals surface area contributed by atoms with E-state index in [1.165, 1.54) is 0 Å². The monoisotopic (exact) mass is 343 g/mol. The van der Waals surface area contributed by atoms with Gasteiger partial charge in [-0.2, -0.15) is 0 Å². The summed E-state index contributed by atoms with van der Waals surface area (Å²) in [5.74, 6) is -0.264. The predicted molar refractivity (Wildman–Crippen MR) is 80.3 cm³/mol. The number of alkyl halides is 1. The minimum Gasteiger partial charge on any atom is -0.304 e. The summed E-state index contributed by atoms with van der Waals surface area (Å²) < 4.78 is 0. The van der Waals surface area contributed by atoms with Crippen molar-refractivity contribution in [2.24, 2.45) is 11.8 Å². The Balaban J connectivity index is 2.36. The van der Waals surface area contributed by atoms with Crippen LogP contribution in [0.2, 0.25) is 5.02 Å². The van der Waals surface area contributed by atoms with Gasteiger partial charge in [-0.25, -0.2) is 0 Å². The van der Waals surface area contributed by atoms with Gasteiger partial charge in [-0.15, -0.1) is 0 Å². The molecule has 19 heavy (non-hydrogen) atoms. The maximum atomic E-state index is 12.1. The molecule has 1 aliphatic rings. The van der Waals surface area contributed by atoms with Gasteiger partial charge < -0.3 is 4.90 Å². The van der Waals surface area contributed by atoms with Gasteiger partial charge in [0.15, 0.2) is 0 Å². The molecule has 0 fully saturated rings. The zero-order valence-corrected chi connectivity index (χ0v) is 13.2. The van der Waals surface area contributed by atoms with Crippen LogP contribution >= 0.6 is 27.5 Å². The fourth-order valence-corrected chi connectivity index (χ4v) is 3.36. The summed E-state index contributed by atoms with van der Waals surface area (Å²) in [6.45, 7) is 4.74. The standard InChI is InChI=1S/C14H15BrClNO2/c1-8(2)9(6-15)7-17-11-5-3-4-10(16)12(11)13(18)14(17)19/h3-5,8-9H,6-7H2,1-2H3. The molecule has 0 saturated carbocycles. The topological polar surface area (TPSA) is 37.4 Å². The van der Waals surface area contributed by atoms with Crippen LogP contribution in [0.25, 0.3) is 0 Å². The summed E-state index contributed by atoms with van der Waals surface area (Å²) in [5.41, 5.74) is 0.973. The molecule has 1 aromatic carbocycles. The van der Waals surface area contributed by atoms with Crippen LogP contribution in [0, 0.1) is 11.8 Å². The average Bonchev–Trinajstić information content (AvgIpc) is 2.60. The highest BCUT2D eigenvalue weighted by molar-refractivity contribution is 9.09. The molecule has 5 heteroatoms. The number of benzene rings is 1. The molecule has 102 valence electrons. The Labute approximate surface area is 126 Å². The van der Waals surface area contributed by atoms with Crippen molar-refractivity contribution in [1.82, 2.24) is 0 Å². The Morgan fingerprint density at radius 2 is 2.00 bits per heavy atom. The molecule has 1 aromatic rings. The first-order valence-corrected chi connectivity index (χ1v) is 7.68. The second-order valence-electron chi connectivity index (χ2n) is 5.04. The Morgan fingerprint density at radius 1 is 1.32 bits per heavy atom. The lowest BCUT2D eigenvalue weighted by Crippen LogP contribution is -2.36. The van der Waals surface area contributed by atoms with Gasteiger partial charge in [0.2, 0.25) is 0 Å². The molecule has 3 nitrogen and oxygen atoms in total. The summed E-state index contributed by atoms with van der Waals surface area (Å²) in [7, 11) is 0. The van der Waals surface area contributed by atoms with Gasteiger partial charge >= 0.3 is 0 Å². The van der Waals surface area contributed by atoms with Crippen LogP contribution in [0.3, 0.4) is 0 Å². The highest BCUT2D eigenvalue weighted by Crippen LogP contribution is 2.35. The summed E-state index contributed by atoms with van der Waals surface area (Å²) in [6, 6.07) is 5.17. The van der Waals surface area contributed by atoms with Crippen molar-refractivity contribution in [3.63, 3.8) is 0 Å². The van der Waals surface area contributed by atoms with E-state index in [1.54, 1.807) is 23.1 Å². The summed E-state index contributed by atoms with van der Waals surface area (Å²) in [6.07, 6.45) is 0. The number of fused-ring (bicyclic) bond motifs is 1. The van der Waals surface area contributed by atoms with Gasteiger partial charge in [0.1, 0.15) is 0 Å². The number of ketones is 1. The smallest absolute Gasteiger partial charge is 0.299 e. The van der Waals surface area contributed by atoms with Crippen molar-refractivity contribution in [2.45, 2.75) is 13.8 Å². The van der Waals surface area contributed by atoms with Crippen LogP contribution in [0.4, 0.5) is 5.69 Å². The molecule has 0 spiro atoms. The van der Waals surface area contributed by atoms with Gasteiger partial charge in [-0.1, -0.05) is 47.4 Å². The van der Waals surface area contributed by atoms with Crippen molar-refractivity contribution < 1.29 is 9.59 Å². The molecule has 0 saturated heterocycles. The number of nitrogens with zero attached hydrogens (tertiary/aromatic N) is 1. The first-order chi connectivity index (χ1) is 8.97. The predicted octanol–water partition coefficient (Wildman–Crippen LogP) is 3.54. The van der Waals surface area contributed by atoms with Crippen molar-refractivity contribution >= 4 is 44.9 Å². The number of carbonyl (C=O) groups is 2. The molecule has 0 radical (unpaired) electrons. The number of Topliss-reactive ketones (excluding diaryl/α,β-unsaturated/α-hetero) is 1. The van der Waals surface area contributed by atoms with Gasteiger partial charge in [0.05, 0.1) is 16.3 Å². The summed E-state index contributed by atoms with van der Waals surface area (Å²) in [5, 5.41) is 1.14. The van der Waals surface area contributed by atoms with E-state index in [0.29, 0.717) is 34.7 Å². The average molecular weight is 345 g/mol. The van der Waals surface area contributed by atoms with Crippen molar-refractivity contribution in [1.29, 1.82) is 0 Å². The van der Waals surface area contributed by atoms with Crippen molar-refractivity contribution in [2.75, 3.05) is 16.8 Å². The first-order valence-electron chi connectivity index (χ1n) is 6.18. The third-order valence-electron chi connectivity index (χ3n) is 3.51. The molecular weight excluding hydrogens is 330 g/mol. The lowest BCUT2D eigenvalue weighted by atomic mass is 9.97. The first kappa shape index (κ1) is 14.5. The lowest BCUT2D eigenvalue weighted by Gasteiger charge is -2.25. The molecular formula is C14H15BrClNO2. The highest BCUT2D eigenvalue weighted by Gasteiger charge is 2.38. The second-order valence-corrected chi connectivity index (χ2v) is 6.09. The molecule has 0 N–H and O–H groups in total. The molecule has 0 aliphatic carbocycles. The van der Waals surface area contributed by atoms with E-state index in [4.69, 9.17) is 11.6 Å². The third-order valence-corrected chi connectivity index (χ3v) is 4.65. The van der Waals surface area contributed by atoms with Crippen LogP contribution < -0.4 is 4.90 Å². The highest BCUT2D eigenvalue weighted by atomic mass is 79.9. The lowest BCUT2D eigenvalue weighted by molar-refractivity contribution is -0.114. The molecule has 0 aromatic heterocycles. The normalized spacial score (nSPS) is 16.2. The number of rotatable bonds is 4. The number of carbonyl (C=O) groups excluding carboxylic acids is 2. The van der Waals surface area contributed by atoms with Crippen molar-refractivity contribution in [3.05, 3.63) is 28.8 Å². The molecule has 1 heterocycles. The van der Waals surface area contributed by atoms with E-state index in [1.807, 2.05) is 0 Å². The van der Waals surface area contributed by atoms with E-state index in [0.717, 1.165) is 5.33 Å². The molecule has 1 aliphatic heterocycles. The van der Waals surface area contributed by atoms with E-state index >= 15 is 0 Å². The zero-order valence-electron chi connectivity index (χ0n) is 10.8. The molecule has 2 rings (SSSR count). The van der Waals surface area contributed by atoms with Crippen LogP contribution in [-0.2, 0) is 4.79 Å². The van der Waals surface area contributed by atoms with Crippen LogP contribution in [0.5, 0.6) is 0 Å². The number of anilines is 1. The molecule has 1 amide bonds. The summed E-state index contributed by atoms with van der Waals surface area (Å²) >= 11 is 9.48.